The van der Waals surface area contributed by atoms with Crippen LogP contribution in [0.4, 0.5) is 4.39 Å². The van der Waals surface area contributed by atoms with Crippen LogP contribution in [0.1, 0.15) is 5.56 Å². The Morgan fingerprint density at radius 3 is 2.61 bits per heavy atom. The van der Waals surface area contributed by atoms with E-state index in [9.17, 15) is 4.39 Å². The Kier molecular flexibility index (Phi) is 3.79. The van der Waals surface area contributed by atoms with Crippen molar-refractivity contribution in [2.24, 2.45) is 5.73 Å². The van der Waals surface area contributed by atoms with Crippen LogP contribution in [0, 0.1) is 5.82 Å². The fourth-order valence-corrected chi connectivity index (χ4v) is 1.74. The second kappa shape index (κ2) is 5.33. The monoisotopic (exact) mass is 281 g/mol. The molecule has 0 saturated heterocycles. The van der Waals surface area contributed by atoms with E-state index in [1.807, 2.05) is 0 Å². The predicted octanol–water partition coefficient (Wildman–Crippen LogP) is 3.91. The molecule has 5 heteroatoms. The molecule has 2 N–H and O–H groups in total. The van der Waals surface area contributed by atoms with Crippen LogP contribution in [-0.4, -0.2) is 4.99 Å². The number of ether oxygens (including phenoxy) is 1. The maximum atomic E-state index is 13.0. The van der Waals surface area contributed by atoms with Crippen molar-refractivity contribution < 1.29 is 9.13 Å². The number of benzene rings is 2. The van der Waals surface area contributed by atoms with E-state index in [4.69, 9.17) is 34.3 Å². The normalized spacial score (nSPS) is 10.1. The Bertz CT molecular complexity index is 603. The highest BCUT2D eigenvalue weighted by Crippen LogP contribution is 2.30. The summed E-state index contributed by atoms with van der Waals surface area (Å²) >= 11 is 10.9. The van der Waals surface area contributed by atoms with Crippen molar-refractivity contribution >= 4 is 28.8 Å². The number of halogens is 2. The van der Waals surface area contributed by atoms with Gasteiger partial charge in [-0.2, -0.15) is 0 Å². The second-order valence-electron chi connectivity index (χ2n) is 3.57. The quantitative estimate of drug-likeness (QED) is 0.867. The molecule has 92 valence electrons. The molecule has 0 aliphatic heterocycles. The minimum atomic E-state index is -0.372. The number of hydrogen-bond donors (Lipinski definition) is 1. The van der Waals surface area contributed by atoms with Gasteiger partial charge in [0.05, 0.1) is 5.02 Å². The van der Waals surface area contributed by atoms with Crippen LogP contribution < -0.4 is 10.5 Å². The van der Waals surface area contributed by atoms with Gasteiger partial charge in [-0.05, 0) is 30.3 Å². The van der Waals surface area contributed by atoms with Gasteiger partial charge >= 0.3 is 0 Å². The lowest BCUT2D eigenvalue weighted by atomic mass is 10.2. The number of hydrogen-bond acceptors (Lipinski definition) is 2. The first-order valence-corrected chi connectivity index (χ1v) is 5.87. The Morgan fingerprint density at radius 1 is 1.22 bits per heavy atom. The van der Waals surface area contributed by atoms with Crippen molar-refractivity contribution in [2.75, 3.05) is 0 Å². The summed E-state index contributed by atoms with van der Waals surface area (Å²) in [6, 6.07) is 10.8. The predicted molar refractivity (Wildman–Crippen MR) is 73.8 cm³/mol. The average Bonchev–Trinajstić information content (AvgIpc) is 2.31. The second-order valence-corrected chi connectivity index (χ2v) is 4.42. The van der Waals surface area contributed by atoms with Gasteiger partial charge in [-0.3, -0.25) is 0 Å². The molecule has 0 aliphatic rings. The zero-order chi connectivity index (χ0) is 13.1. The molecule has 0 spiro atoms. The smallest absolute Gasteiger partial charge is 0.146 e. The SMILES string of the molecule is NC(=S)c1ccc(Oc2cccc(F)c2)c(Cl)c1. The topological polar surface area (TPSA) is 35.2 Å². The maximum absolute atomic E-state index is 13.0. The highest BCUT2D eigenvalue weighted by Gasteiger charge is 2.06. The molecular formula is C13H9ClFNOS. The summed E-state index contributed by atoms with van der Waals surface area (Å²) in [4.78, 5) is 0.259. The molecule has 2 aromatic rings. The third-order valence-electron chi connectivity index (χ3n) is 2.24. The van der Waals surface area contributed by atoms with Crippen LogP contribution in [0.25, 0.3) is 0 Å². The van der Waals surface area contributed by atoms with Gasteiger partial charge in [0.2, 0.25) is 0 Å². The van der Waals surface area contributed by atoms with E-state index in [1.165, 1.54) is 12.1 Å². The Labute approximate surface area is 114 Å². The zero-order valence-corrected chi connectivity index (χ0v) is 10.8. The summed E-state index contributed by atoms with van der Waals surface area (Å²) in [6.07, 6.45) is 0. The molecule has 18 heavy (non-hydrogen) atoms. The van der Waals surface area contributed by atoms with E-state index in [1.54, 1.807) is 30.3 Å². The molecule has 0 fully saturated rings. The van der Waals surface area contributed by atoms with Gasteiger partial charge in [-0.25, -0.2) is 4.39 Å². The lowest BCUT2D eigenvalue weighted by molar-refractivity contribution is 0.477. The van der Waals surface area contributed by atoms with Crippen molar-refractivity contribution in [3.8, 4) is 11.5 Å². The average molecular weight is 282 g/mol. The zero-order valence-electron chi connectivity index (χ0n) is 9.19. The lowest BCUT2D eigenvalue weighted by Gasteiger charge is -2.08. The van der Waals surface area contributed by atoms with Crippen LogP contribution >= 0.6 is 23.8 Å². The third kappa shape index (κ3) is 2.97. The van der Waals surface area contributed by atoms with E-state index < -0.39 is 0 Å². The first-order valence-electron chi connectivity index (χ1n) is 5.09. The van der Waals surface area contributed by atoms with Gasteiger partial charge < -0.3 is 10.5 Å². The van der Waals surface area contributed by atoms with Crippen LogP contribution in [0.15, 0.2) is 42.5 Å². The minimum Gasteiger partial charge on any atom is -0.456 e. The summed E-state index contributed by atoms with van der Waals surface area (Å²) in [5.41, 5.74) is 6.14. The largest absolute Gasteiger partial charge is 0.456 e. The fraction of sp³-hybridized carbons (Fsp3) is 0. The van der Waals surface area contributed by atoms with E-state index in [2.05, 4.69) is 0 Å². The molecular weight excluding hydrogens is 273 g/mol. The van der Waals surface area contributed by atoms with Crippen molar-refractivity contribution in [1.82, 2.24) is 0 Å². The van der Waals surface area contributed by atoms with Gasteiger partial charge in [0.1, 0.15) is 22.3 Å². The molecule has 2 aromatic carbocycles. The maximum Gasteiger partial charge on any atom is 0.146 e. The first-order chi connectivity index (χ1) is 8.56. The molecule has 0 bridgehead atoms. The van der Waals surface area contributed by atoms with E-state index in [0.717, 1.165) is 0 Å². The summed E-state index contributed by atoms with van der Waals surface area (Å²) in [5, 5.41) is 0.365. The first kappa shape index (κ1) is 12.8. The molecule has 0 atom stereocenters. The number of rotatable bonds is 3. The molecule has 0 radical (unpaired) electrons. The van der Waals surface area contributed by atoms with Crippen LogP contribution in [0.2, 0.25) is 5.02 Å². The van der Waals surface area contributed by atoms with Crippen LogP contribution in [-0.2, 0) is 0 Å². The molecule has 0 aliphatic carbocycles. The molecule has 0 saturated carbocycles. The number of thiocarbonyl (C=S) groups is 1. The summed E-state index contributed by atoms with van der Waals surface area (Å²) in [7, 11) is 0. The molecule has 2 nitrogen and oxygen atoms in total. The van der Waals surface area contributed by atoms with Crippen molar-refractivity contribution in [3.63, 3.8) is 0 Å². The number of nitrogens with two attached hydrogens (primary N) is 1. The Balaban J connectivity index is 2.27. The minimum absolute atomic E-state index is 0.259. The van der Waals surface area contributed by atoms with Crippen LogP contribution in [0.5, 0.6) is 11.5 Å². The van der Waals surface area contributed by atoms with E-state index >= 15 is 0 Å². The van der Waals surface area contributed by atoms with E-state index in [-0.39, 0.29) is 10.8 Å². The van der Waals surface area contributed by atoms with Crippen LogP contribution in [0.3, 0.4) is 0 Å². The van der Waals surface area contributed by atoms with Crippen molar-refractivity contribution in [1.29, 1.82) is 0 Å². The summed E-state index contributed by atoms with van der Waals surface area (Å²) in [5.74, 6) is 0.422. The summed E-state index contributed by atoms with van der Waals surface area (Å²) < 4.78 is 18.5. The Hall–Kier alpha value is -1.65. The van der Waals surface area contributed by atoms with Crippen molar-refractivity contribution in [3.05, 3.63) is 58.9 Å². The highest BCUT2D eigenvalue weighted by molar-refractivity contribution is 7.80. The molecule has 2 rings (SSSR count). The van der Waals surface area contributed by atoms with Gasteiger partial charge in [-0.15, -0.1) is 0 Å². The van der Waals surface area contributed by atoms with Gasteiger partial charge in [-0.1, -0.05) is 29.9 Å². The van der Waals surface area contributed by atoms with Gasteiger partial charge in [0.25, 0.3) is 0 Å². The van der Waals surface area contributed by atoms with E-state index in [0.29, 0.717) is 22.1 Å². The van der Waals surface area contributed by atoms with Gasteiger partial charge in [0, 0.05) is 11.6 Å². The molecule has 0 amide bonds. The van der Waals surface area contributed by atoms with Gasteiger partial charge in [0.15, 0.2) is 0 Å². The molecule has 0 heterocycles. The van der Waals surface area contributed by atoms with Crippen molar-refractivity contribution in [2.45, 2.75) is 0 Å². The standard InChI is InChI=1S/C13H9ClFNOS/c14-11-6-8(13(16)18)4-5-12(11)17-10-3-1-2-9(15)7-10/h1-7H,(H2,16,18). The molecule has 0 aromatic heterocycles. The lowest BCUT2D eigenvalue weighted by Crippen LogP contribution is -2.08. The highest BCUT2D eigenvalue weighted by atomic mass is 35.5. The summed E-state index contributed by atoms with van der Waals surface area (Å²) in [6.45, 7) is 0. The Morgan fingerprint density at radius 2 is 2.00 bits per heavy atom. The third-order valence-corrected chi connectivity index (χ3v) is 2.77. The fourth-order valence-electron chi connectivity index (χ4n) is 1.39. The molecule has 0 unspecified atom stereocenters.